The Labute approximate surface area is 86.1 Å². The summed E-state index contributed by atoms with van der Waals surface area (Å²) in [5, 5.41) is 9.84. The first kappa shape index (κ1) is 10.8. The Morgan fingerprint density at radius 1 is 0.929 bits per heavy atom. The highest BCUT2D eigenvalue weighted by atomic mass is 16.3. The molecule has 1 N–H and O–H groups in total. The number of hydrogen-bond donors (Lipinski definition) is 1. The zero-order valence-electron chi connectivity index (χ0n) is 9.65. The van der Waals surface area contributed by atoms with Crippen molar-refractivity contribution in [2.24, 2.45) is 0 Å². The molecule has 1 rings (SSSR count). The van der Waals surface area contributed by atoms with Gasteiger partial charge in [0.15, 0.2) is 0 Å². The van der Waals surface area contributed by atoms with E-state index in [0.29, 0.717) is 5.75 Å². The lowest BCUT2D eigenvalue weighted by atomic mass is 9.90. The molecule has 0 aliphatic carbocycles. The first-order valence-electron chi connectivity index (χ1n) is 4.83. The fourth-order valence-electron chi connectivity index (χ4n) is 1.93. The van der Waals surface area contributed by atoms with E-state index >= 15 is 0 Å². The summed E-state index contributed by atoms with van der Waals surface area (Å²) in [4.78, 5) is 0. The number of phenolic OH excluding ortho intramolecular Hbond substituents is 1. The molecule has 0 bridgehead atoms. The van der Waals surface area contributed by atoms with Gasteiger partial charge in [-0.1, -0.05) is 12.2 Å². The van der Waals surface area contributed by atoms with Gasteiger partial charge in [0.1, 0.15) is 5.75 Å². The number of rotatable bonds is 1. The predicted octanol–water partition coefficient (Wildman–Crippen LogP) is 3.66. The summed E-state index contributed by atoms with van der Waals surface area (Å²) in [6.07, 6.45) is 0. The zero-order valence-corrected chi connectivity index (χ0v) is 9.65. The van der Waals surface area contributed by atoms with Gasteiger partial charge in [0.2, 0.25) is 0 Å². The van der Waals surface area contributed by atoms with Crippen LogP contribution in [0.4, 0.5) is 0 Å². The third kappa shape index (κ3) is 1.43. The van der Waals surface area contributed by atoms with E-state index in [1.807, 2.05) is 34.6 Å². The van der Waals surface area contributed by atoms with Crippen LogP contribution in [-0.2, 0) is 0 Å². The Hall–Kier alpha value is -1.24. The smallest absolute Gasteiger partial charge is 0.121 e. The van der Waals surface area contributed by atoms with Gasteiger partial charge in [0.05, 0.1) is 0 Å². The van der Waals surface area contributed by atoms with Crippen molar-refractivity contribution < 1.29 is 5.11 Å². The van der Waals surface area contributed by atoms with Crippen LogP contribution >= 0.6 is 0 Å². The standard InChI is InChI=1S/C13H18O/c1-7(2)12-8(3)10(5)13(14)11(6)9(12)4/h14H,1H2,2-6H3. The third-order valence-corrected chi connectivity index (χ3v) is 3.01. The van der Waals surface area contributed by atoms with E-state index in [1.165, 1.54) is 5.56 Å². The molecule has 0 amide bonds. The fraction of sp³-hybridized carbons (Fsp3) is 0.385. The molecule has 0 aromatic heterocycles. The first-order chi connectivity index (χ1) is 6.37. The molecule has 0 unspecified atom stereocenters. The molecule has 0 saturated heterocycles. The lowest BCUT2D eigenvalue weighted by Crippen LogP contribution is -1.97. The maximum absolute atomic E-state index is 9.84. The molecular weight excluding hydrogens is 172 g/mol. The van der Waals surface area contributed by atoms with Gasteiger partial charge in [0.25, 0.3) is 0 Å². The van der Waals surface area contributed by atoms with E-state index in [4.69, 9.17) is 0 Å². The number of phenols is 1. The van der Waals surface area contributed by atoms with Crippen molar-refractivity contribution in [2.45, 2.75) is 34.6 Å². The fourth-order valence-corrected chi connectivity index (χ4v) is 1.93. The monoisotopic (exact) mass is 190 g/mol. The summed E-state index contributed by atoms with van der Waals surface area (Å²) in [5.74, 6) is 0.421. The molecule has 76 valence electrons. The number of aromatic hydroxyl groups is 1. The molecule has 0 fully saturated rings. The Balaban J connectivity index is 3.68. The Morgan fingerprint density at radius 3 is 1.57 bits per heavy atom. The van der Waals surface area contributed by atoms with Crippen LogP contribution in [0.5, 0.6) is 5.75 Å². The third-order valence-electron chi connectivity index (χ3n) is 3.01. The topological polar surface area (TPSA) is 20.2 Å². The first-order valence-corrected chi connectivity index (χ1v) is 4.83. The second-order valence-electron chi connectivity index (χ2n) is 4.00. The Bertz CT molecular complexity index is 371. The summed E-state index contributed by atoms with van der Waals surface area (Å²) >= 11 is 0. The minimum absolute atomic E-state index is 0.421. The van der Waals surface area contributed by atoms with Gasteiger partial charge in [-0.3, -0.25) is 0 Å². The van der Waals surface area contributed by atoms with Gasteiger partial charge in [-0.05, 0) is 62.4 Å². The number of allylic oxidation sites excluding steroid dienone is 1. The van der Waals surface area contributed by atoms with Gasteiger partial charge < -0.3 is 5.11 Å². The minimum Gasteiger partial charge on any atom is -0.507 e. The van der Waals surface area contributed by atoms with E-state index in [9.17, 15) is 5.11 Å². The molecule has 0 saturated carbocycles. The lowest BCUT2D eigenvalue weighted by molar-refractivity contribution is 0.465. The van der Waals surface area contributed by atoms with Crippen LogP contribution in [0.1, 0.15) is 34.7 Å². The van der Waals surface area contributed by atoms with Crippen LogP contribution in [0.15, 0.2) is 6.58 Å². The molecule has 14 heavy (non-hydrogen) atoms. The summed E-state index contributed by atoms with van der Waals surface area (Å²) in [7, 11) is 0. The molecule has 1 heteroatoms. The summed E-state index contributed by atoms with van der Waals surface area (Å²) in [6, 6.07) is 0. The molecule has 1 aromatic rings. The summed E-state index contributed by atoms with van der Waals surface area (Å²) in [5.41, 5.74) is 6.46. The van der Waals surface area contributed by atoms with Crippen molar-refractivity contribution in [1.82, 2.24) is 0 Å². The van der Waals surface area contributed by atoms with Crippen molar-refractivity contribution in [2.75, 3.05) is 0 Å². The van der Waals surface area contributed by atoms with Crippen LogP contribution in [0.2, 0.25) is 0 Å². The average Bonchev–Trinajstić information content (AvgIpc) is 2.11. The van der Waals surface area contributed by atoms with Crippen molar-refractivity contribution in [3.05, 3.63) is 34.4 Å². The van der Waals surface area contributed by atoms with E-state index in [0.717, 1.165) is 27.8 Å². The highest BCUT2D eigenvalue weighted by Gasteiger charge is 2.13. The van der Waals surface area contributed by atoms with Gasteiger partial charge in [-0.15, -0.1) is 0 Å². The summed E-state index contributed by atoms with van der Waals surface area (Å²) in [6.45, 7) is 13.9. The molecular formula is C13H18O. The normalized spacial score (nSPS) is 10.4. The molecule has 0 aliphatic rings. The van der Waals surface area contributed by atoms with E-state index in [-0.39, 0.29) is 0 Å². The van der Waals surface area contributed by atoms with Crippen molar-refractivity contribution in [1.29, 1.82) is 0 Å². The van der Waals surface area contributed by atoms with Crippen LogP contribution in [0.3, 0.4) is 0 Å². The molecule has 1 aromatic carbocycles. The largest absolute Gasteiger partial charge is 0.507 e. The predicted molar refractivity (Wildman–Crippen MR) is 61.8 cm³/mol. The van der Waals surface area contributed by atoms with E-state index < -0.39 is 0 Å². The van der Waals surface area contributed by atoms with Crippen molar-refractivity contribution in [3.8, 4) is 5.75 Å². The van der Waals surface area contributed by atoms with Gasteiger partial charge >= 0.3 is 0 Å². The van der Waals surface area contributed by atoms with E-state index in [1.54, 1.807) is 0 Å². The van der Waals surface area contributed by atoms with Crippen LogP contribution < -0.4 is 0 Å². The minimum atomic E-state index is 0.421. The maximum atomic E-state index is 9.84. The average molecular weight is 190 g/mol. The van der Waals surface area contributed by atoms with E-state index in [2.05, 4.69) is 6.58 Å². The van der Waals surface area contributed by atoms with Crippen LogP contribution in [0.25, 0.3) is 5.57 Å². The van der Waals surface area contributed by atoms with Crippen LogP contribution in [0, 0.1) is 27.7 Å². The lowest BCUT2D eigenvalue weighted by Gasteiger charge is -2.17. The number of hydrogen-bond acceptors (Lipinski definition) is 1. The second kappa shape index (κ2) is 3.49. The molecule has 1 nitrogen and oxygen atoms in total. The molecule has 0 radical (unpaired) electrons. The van der Waals surface area contributed by atoms with Gasteiger partial charge in [-0.2, -0.15) is 0 Å². The molecule has 0 atom stereocenters. The molecule has 0 heterocycles. The van der Waals surface area contributed by atoms with Crippen molar-refractivity contribution in [3.63, 3.8) is 0 Å². The highest BCUT2D eigenvalue weighted by molar-refractivity contribution is 5.72. The Morgan fingerprint density at radius 2 is 1.29 bits per heavy atom. The van der Waals surface area contributed by atoms with Gasteiger partial charge in [-0.25, -0.2) is 0 Å². The van der Waals surface area contributed by atoms with Crippen molar-refractivity contribution >= 4 is 5.57 Å². The maximum Gasteiger partial charge on any atom is 0.121 e. The van der Waals surface area contributed by atoms with Crippen LogP contribution in [-0.4, -0.2) is 5.11 Å². The molecule has 0 aliphatic heterocycles. The second-order valence-corrected chi connectivity index (χ2v) is 4.00. The zero-order chi connectivity index (χ0) is 11.0. The SMILES string of the molecule is C=C(C)c1c(C)c(C)c(O)c(C)c1C. The molecule has 0 spiro atoms. The van der Waals surface area contributed by atoms with Gasteiger partial charge in [0, 0.05) is 0 Å². The quantitative estimate of drug-likeness (QED) is 0.716. The summed E-state index contributed by atoms with van der Waals surface area (Å²) < 4.78 is 0. The highest BCUT2D eigenvalue weighted by Crippen LogP contribution is 2.34. The number of benzene rings is 1. The Kier molecular flexibility index (Phi) is 2.70.